The smallest absolute Gasteiger partial charge is 0.389 e. The van der Waals surface area contributed by atoms with E-state index in [9.17, 15) is 29.4 Å². The lowest BCUT2D eigenvalue weighted by Crippen LogP contribution is -2.36. The Labute approximate surface area is 432 Å². The first-order valence-electron chi connectivity index (χ1n) is 22.9. The molecule has 5 N–H and O–H groups in total. The Balaban J connectivity index is 0.935. The van der Waals surface area contributed by atoms with Crippen molar-refractivity contribution in [1.29, 1.82) is 0 Å². The van der Waals surface area contributed by atoms with Crippen molar-refractivity contribution in [3.63, 3.8) is 0 Å². The molecule has 0 radical (unpaired) electrons. The third kappa shape index (κ3) is 12.0. The SMILES string of the molecule is Nc1ncnc2c1ncn2[C@@H]1OC2COP(=O)(SCc3ccc(CC(=O)c4ccc(O)cc4)cc3)O[C@@H]3C[C@@H](COP(=O)(SCc4ccc(OC(=O)c5ccc(O)cc5)cc4)O[C@H]2[C@H]1F)O[C@H]3n1ccc(=O)[nH]c1=O. The van der Waals surface area contributed by atoms with Gasteiger partial charge in [-0.1, -0.05) is 36.4 Å². The number of hydrogen-bond donors (Lipinski definition) is 4. The van der Waals surface area contributed by atoms with E-state index in [1.165, 1.54) is 77.8 Å². The maximum absolute atomic E-state index is 17.3. The first-order valence-corrected chi connectivity index (χ1v) is 29.2. The van der Waals surface area contributed by atoms with E-state index in [4.69, 9.17) is 38.0 Å². The number of Topliss-reactive ketones (excluding diaryl/α,β-unsaturated/α-hetero) is 1. The van der Waals surface area contributed by atoms with Gasteiger partial charge in [-0.25, -0.2) is 38.1 Å². The Morgan fingerprint density at radius 1 is 0.747 bits per heavy atom. The first kappa shape index (κ1) is 52.0. The number of imidazole rings is 1. The molecule has 4 aromatic carbocycles. The topological polar surface area (TPSA) is 298 Å². The molecule has 75 heavy (non-hydrogen) atoms. The standard InChI is InChI=1S/C48H44FN7O15P2S2/c49-40-42-38(69-46(40)56-26-53-41-43(50)51-25-52-44(41)56)22-66-72(63,74-23-28-3-1-27(2-4-28)19-36(59)30-7-11-32(57)12-8-30)70-37-20-35(67-45(37)55-18-17-39(60)54-48(55)62)21-65-73(64,71-42)75-24-29-5-15-34(16-6-29)68-47(61)31-9-13-33(58)14-10-31/h1-18,25-26,35,37-38,40,42,45-46,57-58H,19-24H2,(H2,50,51,52)(H,54,60,62)/t35-,37+,38?,40+,42+,45+,46+,72?,73?/m0/s1. The molecule has 3 fully saturated rings. The Bertz CT molecular complexity index is 3450. The number of carbonyl (C=O) groups is 2. The number of aromatic nitrogens is 6. The fourth-order valence-corrected chi connectivity index (χ4v) is 15.1. The Morgan fingerprint density at radius 2 is 1.37 bits per heavy atom. The molecule has 3 aromatic heterocycles. The molecule has 6 heterocycles. The number of ether oxygens (including phenoxy) is 3. The lowest BCUT2D eigenvalue weighted by Gasteiger charge is -2.28. The number of alkyl halides is 1. The van der Waals surface area contributed by atoms with Crippen LogP contribution >= 0.6 is 36.4 Å². The van der Waals surface area contributed by atoms with Gasteiger partial charge in [0.05, 0.1) is 31.2 Å². The second-order valence-corrected chi connectivity index (χ2v) is 25.3. The quantitative estimate of drug-likeness (QED) is 0.0377. The molecule has 3 aliphatic heterocycles. The van der Waals surface area contributed by atoms with Crippen molar-refractivity contribution in [1.82, 2.24) is 29.1 Å². The first-order chi connectivity index (χ1) is 36.1. The van der Waals surface area contributed by atoms with Crippen LogP contribution in [0.4, 0.5) is 10.2 Å². The predicted octanol–water partition coefficient (Wildman–Crippen LogP) is 7.44. The Hall–Kier alpha value is -6.50. The number of ketones is 1. The van der Waals surface area contributed by atoms with Crippen molar-refractivity contribution in [2.75, 3.05) is 18.9 Å². The van der Waals surface area contributed by atoms with Crippen LogP contribution in [-0.4, -0.2) is 94.8 Å². The summed E-state index contributed by atoms with van der Waals surface area (Å²) in [7, 11) is 0. The molecule has 3 aliphatic rings. The molecule has 9 atom stereocenters. The van der Waals surface area contributed by atoms with Gasteiger partial charge < -0.3 is 30.2 Å². The van der Waals surface area contributed by atoms with Crippen LogP contribution < -0.4 is 21.7 Å². The third-order valence-corrected chi connectivity index (χ3v) is 19.5. The highest BCUT2D eigenvalue weighted by Gasteiger charge is 2.53. The van der Waals surface area contributed by atoms with Gasteiger partial charge >= 0.3 is 25.3 Å². The molecular formula is C48H44FN7O15P2S2. The summed E-state index contributed by atoms with van der Waals surface area (Å²) in [5.74, 6) is -0.657. The van der Waals surface area contributed by atoms with Gasteiger partial charge in [0.1, 0.15) is 47.4 Å². The summed E-state index contributed by atoms with van der Waals surface area (Å²) in [6.07, 6.45) is -6.91. The predicted molar refractivity (Wildman–Crippen MR) is 270 cm³/mol. The van der Waals surface area contributed by atoms with E-state index in [2.05, 4.69) is 19.9 Å². The summed E-state index contributed by atoms with van der Waals surface area (Å²) >= 11 is 1.48. The molecule has 390 valence electrons. The van der Waals surface area contributed by atoms with Gasteiger partial charge in [-0.3, -0.25) is 41.8 Å². The van der Waals surface area contributed by atoms with E-state index in [1.807, 2.05) is 0 Å². The number of carbonyl (C=O) groups excluding carboxylic acids is 2. The van der Waals surface area contributed by atoms with Crippen molar-refractivity contribution < 1.29 is 65.6 Å². The number of phenols is 2. The summed E-state index contributed by atoms with van der Waals surface area (Å²) in [6.45, 7) is -10.1. The molecule has 22 nitrogen and oxygen atoms in total. The lowest BCUT2D eigenvalue weighted by atomic mass is 10.0. The van der Waals surface area contributed by atoms with Crippen LogP contribution in [-0.2, 0) is 54.6 Å². The van der Waals surface area contributed by atoms with Crippen molar-refractivity contribution in [3.8, 4) is 17.2 Å². The summed E-state index contributed by atoms with van der Waals surface area (Å²) in [6, 6.07) is 25.7. The number of aromatic hydroxyl groups is 2. The number of nitrogens with one attached hydrogen (secondary N) is 1. The van der Waals surface area contributed by atoms with Crippen molar-refractivity contribution in [3.05, 3.63) is 171 Å². The minimum absolute atomic E-state index is 0.0127. The second kappa shape index (κ2) is 22.0. The number of benzene rings is 4. The zero-order valence-electron chi connectivity index (χ0n) is 38.9. The Kier molecular flexibility index (Phi) is 15.2. The van der Waals surface area contributed by atoms with Crippen molar-refractivity contribution >= 4 is 65.1 Å². The number of hydrogen-bond acceptors (Lipinski definition) is 21. The molecule has 0 amide bonds. The average Bonchev–Trinajstić information content (AvgIpc) is 4.10. The number of nitrogen functional groups attached to an aromatic ring is 1. The minimum atomic E-state index is -4.53. The fraction of sp³-hybridized carbons (Fsp3) is 0.271. The van der Waals surface area contributed by atoms with Crippen LogP contribution in [0.25, 0.3) is 11.2 Å². The molecule has 2 bridgehead atoms. The van der Waals surface area contributed by atoms with E-state index in [-0.39, 0.29) is 69.9 Å². The average molecular weight is 1100 g/mol. The molecular weight excluding hydrogens is 1060 g/mol. The van der Waals surface area contributed by atoms with Crippen molar-refractivity contribution in [2.24, 2.45) is 0 Å². The highest BCUT2D eigenvalue weighted by atomic mass is 32.7. The fourth-order valence-electron chi connectivity index (χ4n) is 8.29. The van der Waals surface area contributed by atoms with Crippen LogP contribution in [0, 0.1) is 0 Å². The molecule has 0 spiro atoms. The van der Waals surface area contributed by atoms with Gasteiger partial charge in [-0.15, -0.1) is 0 Å². The summed E-state index contributed by atoms with van der Waals surface area (Å²) in [4.78, 5) is 65.7. The van der Waals surface area contributed by atoms with Crippen molar-refractivity contribution in [2.45, 2.75) is 67.4 Å². The molecule has 27 heteroatoms. The van der Waals surface area contributed by atoms with Crippen LogP contribution in [0.3, 0.4) is 0 Å². The molecule has 0 aliphatic carbocycles. The second-order valence-electron chi connectivity index (χ2n) is 17.3. The third-order valence-electron chi connectivity index (χ3n) is 12.1. The van der Waals surface area contributed by atoms with E-state index < -0.39 is 87.1 Å². The number of fused-ring (bicyclic) bond motifs is 4. The number of nitrogens with two attached hydrogens (primary N) is 1. The number of rotatable bonds is 13. The van der Waals surface area contributed by atoms with Gasteiger partial charge in [0.15, 0.2) is 35.9 Å². The van der Waals surface area contributed by atoms with Gasteiger partial charge in [-0.05, 0) is 100 Å². The van der Waals surface area contributed by atoms with E-state index in [1.54, 1.807) is 36.4 Å². The number of phenolic OH excluding ortho intramolecular Hbond substituents is 2. The minimum Gasteiger partial charge on any atom is -0.508 e. The van der Waals surface area contributed by atoms with Gasteiger partial charge in [0, 0.05) is 42.2 Å². The number of halogens is 1. The zero-order chi connectivity index (χ0) is 52.4. The molecule has 3 unspecified atom stereocenters. The van der Waals surface area contributed by atoms with Crippen LogP contribution in [0.2, 0.25) is 0 Å². The Morgan fingerprint density at radius 3 is 2.05 bits per heavy atom. The van der Waals surface area contributed by atoms with Gasteiger partial charge in [-0.2, -0.15) is 0 Å². The molecule has 10 rings (SSSR count). The summed E-state index contributed by atoms with van der Waals surface area (Å²) in [5.41, 5.74) is 7.26. The van der Waals surface area contributed by atoms with Crippen LogP contribution in [0.15, 0.2) is 132 Å². The summed E-state index contributed by atoms with van der Waals surface area (Å²) in [5, 5.41) is 19.2. The molecule has 0 saturated carbocycles. The van der Waals surface area contributed by atoms with Gasteiger partial charge in [0.25, 0.3) is 5.56 Å². The van der Waals surface area contributed by atoms with Crippen LogP contribution in [0.5, 0.6) is 17.2 Å². The monoisotopic (exact) mass is 1100 g/mol. The number of esters is 1. The number of anilines is 1. The highest BCUT2D eigenvalue weighted by molar-refractivity contribution is 8.55. The number of aromatic amines is 1. The van der Waals surface area contributed by atoms with E-state index in [0.29, 0.717) is 33.6 Å². The maximum atomic E-state index is 17.3. The number of H-pyrrole nitrogens is 1. The molecule has 7 aromatic rings. The van der Waals surface area contributed by atoms with Crippen LogP contribution in [0.1, 0.15) is 56.3 Å². The molecule has 3 saturated heterocycles. The maximum Gasteiger partial charge on any atom is 0.389 e. The van der Waals surface area contributed by atoms with Gasteiger partial charge in [0.2, 0.25) is 0 Å². The lowest BCUT2D eigenvalue weighted by molar-refractivity contribution is -0.0586. The largest absolute Gasteiger partial charge is 0.508 e. The zero-order valence-corrected chi connectivity index (χ0v) is 42.4. The van der Waals surface area contributed by atoms with E-state index >= 15 is 13.5 Å². The van der Waals surface area contributed by atoms with E-state index in [0.717, 1.165) is 28.3 Å². The number of nitrogens with zero attached hydrogens (tertiary/aromatic N) is 5. The normalized spacial score (nSPS) is 25.9. The highest BCUT2D eigenvalue weighted by Crippen LogP contribution is 2.67. The summed E-state index contributed by atoms with van der Waals surface area (Å²) < 4.78 is 93.0.